The average Bonchev–Trinajstić information content (AvgIpc) is 3.57. The Morgan fingerprint density at radius 2 is 1.94 bits per heavy atom. The molecule has 4 N–H and O–H groups in total. The molecular formula is C34H31F5N8O3S. The first-order valence-corrected chi connectivity index (χ1v) is 16.7. The molecule has 0 saturated carbocycles. The molecule has 51 heavy (non-hydrogen) atoms. The monoisotopic (exact) mass is 726 g/mol. The van der Waals surface area contributed by atoms with Crippen LogP contribution in [0.15, 0.2) is 30.5 Å². The Labute approximate surface area is 292 Å². The zero-order valence-corrected chi connectivity index (χ0v) is 28.3. The molecule has 7 rings (SSSR count). The van der Waals surface area contributed by atoms with E-state index in [-0.39, 0.29) is 75.6 Å². The molecule has 5 aromatic rings. The number of likely N-dealkylation sites (tertiary alicyclic amines) is 1. The van der Waals surface area contributed by atoms with Crippen molar-refractivity contribution in [3.63, 3.8) is 0 Å². The fraction of sp³-hybridized carbons (Fsp3) is 0.353. The summed E-state index contributed by atoms with van der Waals surface area (Å²) in [5.74, 6) is -2.85. The second-order valence-corrected chi connectivity index (χ2v) is 13.4. The van der Waals surface area contributed by atoms with Crippen molar-refractivity contribution < 1.29 is 36.2 Å². The molecule has 3 atom stereocenters. The summed E-state index contributed by atoms with van der Waals surface area (Å²) in [5, 5.41) is 9.17. The number of fused-ring (bicyclic) bond motifs is 1. The first-order valence-electron chi connectivity index (χ1n) is 15.9. The lowest BCUT2D eigenvalue weighted by Crippen LogP contribution is -2.38. The fourth-order valence-electron chi connectivity index (χ4n) is 7.03. The Morgan fingerprint density at radius 3 is 2.65 bits per heavy atom. The van der Waals surface area contributed by atoms with Gasteiger partial charge in [-0.15, -0.1) is 11.3 Å². The largest absolute Gasteiger partial charge is 0.490 e. The first-order chi connectivity index (χ1) is 24.3. The van der Waals surface area contributed by atoms with Gasteiger partial charge >= 0.3 is 12.2 Å². The van der Waals surface area contributed by atoms with Gasteiger partial charge in [-0.25, -0.2) is 13.8 Å². The number of rotatable bonds is 7. The first kappa shape index (κ1) is 34.4. The number of thiophene rings is 1. The van der Waals surface area contributed by atoms with E-state index in [2.05, 4.69) is 15.0 Å². The predicted octanol–water partition coefficient (Wildman–Crippen LogP) is 6.30. The van der Waals surface area contributed by atoms with Crippen LogP contribution in [-0.2, 0) is 10.9 Å². The van der Waals surface area contributed by atoms with Crippen LogP contribution in [0.5, 0.6) is 11.8 Å². The summed E-state index contributed by atoms with van der Waals surface area (Å²) in [5.41, 5.74) is 9.08. The number of halogens is 5. The van der Waals surface area contributed by atoms with Crippen LogP contribution >= 0.6 is 11.3 Å². The van der Waals surface area contributed by atoms with E-state index in [1.165, 1.54) is 6.20 Å². The van der Waals surface area contributed by atoms with Gasteiger partial charge in [-0.05, 0) is 38.1 Å². The molecule has 0 aliphatic carbocycles. The Balaban J connectivity index is 1.54. The normalized spacial score (nSPS) is 18.5. The summed E-state index contributed by atoms with van der Waals surface area (Å²) in [4.78, 5) is 16.8. The maximum absolute atomic E-state index is 17.3. The zero-order chi connectivity index (χ0) is 36.4. The van der Waals surface area contributed by atoms with Crippen molar-refractivity contribution in [1.82, 2.24) is 19.9 Å². The number of hydrogen-bond donors (Lipinski definition) is 2. The van der Waals surface area contributed by atoms with Crippen molar-refractivity contribution in [3.05, 3.63) is 58.8 Å². The molecule has 0 amide bonds. The number of likely N-dealkylation sites (N-methyl/N-ethyl adjacent to an activating group) is 1. The van der Waals surface area contributed by atoms with E-state index in [1.54, 1.807) is 31.1 Å². The molecule has 17 heteroatoms. The molecule has 1 fully saturated rings. The quantitative estimate of drug-likeness (QED) is 0.182. The van der Waals surface area contributed by atoms with Crippen molar-refractivity contribution in [2.75, 3.05) is 56.8 Å². The van der Waals surface area contributed by atoms with Crippen LogP contribution in [0, 0.1) is 23.0 Å². The van der Waals surface area contributed by atoms with Gasteiger partial charge < -0.3 is 30.6 Å². The van der Waals surface area contributed by atoms with Gasteiger partial charge in [0.05, 0.1) is 40.4 Å². The minimum atomic E-state index is -5.21. The second kappa shape index (κ2) is 12.9. The van der Waals surface area contributed by atoms with Gasteiger partial charge in [0.15, 0.2) is 5.82 Å². The standard InChI is InChI=1S/C34H31F5N8O3S/c1-15(16-5-4-9-43-30(16)41)47-11-12-49-28-24-27(44-33(45-32(24)47)50-14-20-21(48-3)8-10-46(20)2)26(36)23(25(28)34(37,38)39)17-6-7-19(35)29-22(17)18(13-40)31(42)51-29/h4-7,9,15,20-21H,8,10-12,14,42H2,1-3H3,(H2,41,43)/t15-,20-,21+/m1/s1. The lowest BCUT2D eigenvalue weighted by Gasteiger charge is -2.30. The number of hydrogen-bond acceptors (Lipinski definition) is 12. The van der Waals surface area contributed by atoms with Gasteiger partial charge in [0.25, 0.3) is 0 Å². The van der Waals surface area contributed by atoms with Crippen LogP contribution in [0.3, 0.4) is 0 Å². The van der Waals surface area contributed by atoms with Gasteiger partial charge in [-0.1, -0.05) is 12.1 Å². The number of pyridine rings is 1. The molecule has 266 valence electrons. The number of aromatic nitrogens is 3. The van der Waals surface area contributed by atoms with E-state index in [1.807, 2.05) is 18.0 Å². The molecule has 0 radical (unpaired) electrons. The van der Waals surface area contributed by atoms with E-state index in [9.17, 15) is 5.26 Å². The molecule has 2 aliphatic heterocycles. The molecule has 2 aromatic carbocycles. The van der Waals surface area contributed by atoms with Crippen LogP contribution in [0.4, 0.5) is 38.6 Å². The van der Waals surface area contributed by atoms with Crippen LogP contribution in [-0.4, -0.2) is 72.5 Å². The Morgan fingerprint density at radius 1 is 1.16 bits per heavy atom. The van der Waals surface area contributed by atoms with Gasteiger partial charge in [0.1, 0.15) is 58.6 Å². The van der Waals surface area contributed by atoms with Crippen molar-refractivity contribution in [2.45, 2.75) is 37.7 Å². The van der Waals surface area contributed by atoms with Gasteiger partial charge in [0, 0.05) is 36.4 Å². The van der Waals surface area contributed by atoms with Gasteiger partial charge in [0.2, 0.25) is 0 Å². The summed E-state index contributed by atoms with van der Waals surface area (Å²) in [6.45, 7) is 2.25. The summed E-state index contributed by atoms with van der Waals surface area (Å²) in [6, 6.07) is 5.98. The number of nitriles is 1. The predicted molar refractivity (Wildman–Crippen MR) is 182 cm³/mol. The van der Waals surface area contributed by atoms with Crippen LogP contribution in [0.1, 0.15) is 36.1 Å². The van der Waals surface area contributed by atoms with Crippen LogP contribution in [0.25, 0.3) is 32.1 Å². The second-order valence-electron chi connectivity index (χ2n) is 12.3. The topological polar surface area (TPSA) is 149 Å². The Kier molecular flexibility index (Phi) is 8.72. The molecule has 0 unspecified atom stereocenters. The molecule has 11 nitrogen and oxygen atoms in total. The third kappa shape index (κ3) is 5.67. The molecule has 1 saturated heterocycles. The number of anilines is 3. The van der Waals surface area contributed by atoms with E-state index in [0.717, 1.165) is 25.1 Å². The van der Waals surface area contributed by atoms with Crippen LogP contribution < -0.4 is 25.8 Å². The summed E-state index contributed by atoms with van der Waals surface area (Å²) in [7, 11) is 3.48. The lowest BCUT2D eigenvalue weighted by molar-refractivity contribution is -0.138. The maximum atomic E-state index is 17.3. The number of nitrogen functional groups attached to an aromatic ring is 2. The molecular weight excluding hydrogens is 695 g/mol. The molecule has 0 bridgehead atoms. The molecule has 5 heterocycles. The lowest BCUT2D eigenvalue weighted by atomic mass is 9.91. The third-order valence-corrected chi connectivity index (χ3v) is 10.6. The highest BCUT2D eigenvalue weighted by atomic mass is 32.1. The minimum absolute atomic E-state index is 0.00152. The highest BCUT2D eigenvalue weighted by Gasteiger charge is 2.44. The fourth-order valence-corrected chi connectivity index (χ4v) is 7.98. The zero-order valence-electron chi connectivity index (χ0n) is 27.5. The summed E-state index contributed by atoms with van der Waals surface area (Å²) < 4.78 is 95.8. The molecule has 3 aromatic heterocycles. The molecule has 2 aliphatic rings. The van der Waals surface area contributed by atoms with Crippen molar-refractivity contribution in [1.29, 1.82) is 5.26 Å². The van der Waals surface area contributed by atoms with Crippen LogP contribution in [0.2, 0.25) is 0 Å². The smallest absolute Gasteiger partial charge is 0.420 e. The van der Waals surface area contributed by atoms with Gasteiger partial charge in [-0.2, -0.15) is 28.4 Å². The number of methoxy groups -OCH3 is 1. The van der Waals surface area contributed by atoms with Gasteiger partial charge in [-0.3, -0.25) is 4.90 Å². The average molecular weight is 727 g/mol. The number of nitrogens with zero attached hydrogens (tertiary/aromatic N) is 6. The highest BCUT2D eigenvalue weighted by Crippen LogP contribution is 2.53. The maximum Gasteiger partial charge on any atom is 0.420 e. The van der Waals surface area contributed by atoms with E-state index in [4.69, 9.17) is 25.7 Å². The number of nitrogens with two attached hydrogens (primary N) is 2. The minimum Gasteiger partial charge on any atom is -0.490 e. The van der Waals surface area contributed by atoms with Crippen molar-refractivity contribution in [3.8, 4) is 29.0 Å². The highest BCUT2D eigenvalue weighted by molar-refractivity contribution is 7.23. The number of alkyl halides is 3. The van der Waals surface area contributed by atoms with Crippen molar-refractivity contribution >= 4 is 49.0 Å². The van der Waals surface area contributed by atoms with E-state index < -0.39 is 51.8 Å². The van der Waals surface area contributed by atoms with E-state index in [0.29, 0.717) is 16.9 Å². The molecule has 0 spiro atoms. The van der Waals surface area contributed by atoms with Crippen molar-refractivity contribution in [2.24, 2.45) is 0 Å². The Hall–Kier alpha value is -5.05. The summed E-state index contributed by atoms with van der Waals surface area (Å²) >= 11 is 0.678. The summed E-state index contributed by atoms with van der Waals surface area (Å²) in [6.07, 6.45) is -3.14. The van der Waals surface area contributed by atoms with E-state index >= 15 is 22.0 Å². The number of benzene rings is 2. The SMILES string of the molecule is CO[C@H]1CCN(C)[C@@H]1COc1nc2c3c(c(C(F)(F)F)c(-c4ccc(F)c5sc(N)c(C#N)c45)c(F)c3n1)OCCN2[C@H](C)c1cccnc1N. The number of ether oxygens (including phenoxy) is 3. The third-order valence-electron chi connectivity index (χ3n) is 9.57. The Bertz CT molecular complexity index is 2230.